The molecule has 0 amide bonds. The van der Waals surface area contributed by atoms with Gasteiger partial charge in [0.1, 0.15) is 0 Å². The third kappa shape index (κ3) is 3.81. The van der Waals surface area contributed by atoms with Gasteiger partial charge in [0.05, 0.1) is 0 Å². The average molecular weight is 332 g/mol. The summed E-state index contributed by atoms with van der Waals surface area (Å²) < 4.78 is 0. The quantitative estimate of drug-likeness (QED) is 0.597. The van der Waals surface area contributed by atoms with Crippen LogP contribution in [0.3, 0.4) is 0 Å². The van der Waals surface area contributed by atoms with E-state index in [0.29, 0.717) is 16.7 Å². The lowest BCUT2D eigenvalue weighted by Gasteiger charge is -2.05. The van der Waals surface area contributed by atoms with E-state index in [2.05, 4.69) is 0 Å². The van der Waals surface area contributed by atoms with Gasteiger partial charge in [-0.3, -0.25) is 9.59 Å². The third-order valence-electron chi connectivity index (χ3n) is 3.65. The third-order valence-corrected chi connectivity index (χ3v) is 4.66. The van der Waals surface area contributed by atoms with Gasteiger partial charge in [0.2, 0.25) is 0 Å². The largest absolute Gasteiger partial charge is 0.295 e. The lowest BCUT2D eigenvalue weighted by molar-refractivity contribution is 0.101. The summed E-state index contributed by atoms with van der Waals surface area (Å²) in [7, 11) is 0. The SMILES string of the molecule is CC(=O)c1ccc(Sc2ccc(C(=O)c3ccccc3)cc2)cc1. The van der Waals surface area contributed by atoms with Crippen LogP contribution in [0.2, 0.25) is 0 Å². The molecule has 0 aliphatic heterocycles. The fraction of sp³-hybridized carbons (Fsp3) is 0.0476. The van der Waals surface area contributed by atoms with E-state index in [9.17, 15) is 9.59 Å². The highest BCUT2D eigenvalue weighted by Crippen LogP contribution is 2.28. The maximum atomic E-state index is 12.4. The van der Waals surface area contributed by atoms with Gasteiger partial charge in [0.15, 0.2) is 11.6 Å². The Morgan fingerprint density at radius 2 is 1.08 bits per heavy atom. The lowest BCUT2D eigenvalue weighted by atomic mass is 10.0. The van der Waals surface area contributed by atoms with Gasteiger partial charge in [-0.2, -0.15) is 0 Å². The van der Waals surface area contributed by atoms with Gasteiger partial charge in [-0.1, -0.05) is 54.2 Å². The highest BCUT2D eigenvalue weighted by atomic mass is 32.2. The van der Waals surface area contributed by atoms with Crippen molar-refractivity contribution in [2.24, 2.45) is 0 Å². The van der Waals surface area contributed by atoms with E-state index in [1.54, 1.807) is 18.7 Å². The minimum absolute atomic E-state index is 0.0259. The van der Waals surface area contributed by atoms with Crippen LogP contribution in [0.4, 0.5) is 0 Å². The van der Waals surface area contributed by atoms with Crippen LogP contribution in [0.5, 0.6) is 0 Å². The number of carbonyl (C=O) groups excluding carboxylic acids is 2. The van der Waals surface area contributed by atoms with Crippen molar-refractivity contribution in [1.29, 1.82) is 0 Å². The molecule has 0 radical (unpaired) electrons. The average Bonchev–Trinajstić information content (AvgIpc) is 2.63. The maximum absolute atomic E-state index is 12.4. The normalized spacial score (nSPS) is 10.4. The van der Waals surface area contributed by atoms with Crippen LogP contribution in [-0.4, -0.2) is 11.6 Å². The van der Waals surface area contributed by atoms with Gasteiger partial charge in [-0.25, -0.2) is 0 Å². The second kappa shape index (κ2) is 7.28. The fourth-order valence-corrected chi connectivity index (χ4v) is 3.14. The first-order chi connectivity index (χ1) is 11.6. The Morgan fingerprint density at radius 1 is 0.625 bits per heavy atom. The molecule has 0 aliphatic rings. The number of benzene rings is 3. The second-order valence-electron chi connectivity index (χ2n) is 5.40. The van der Waals surface area contributed by atoms with Gasteiger partial charge >= 0.3 is 0 Å². The summed E-state index contributed by atoms with van der Waals surface area (Å²) in [5.74, 6) is 0.0910. The van der Waals surface area contributed by atoms with Crippen LogP contribution in [0.15, 0.2) is 88.7 Å². The van der Waals surface area contributed by atoms with E-state index in [-0.39, 0.29) is 11.6 Å². The molecular formula is C21H16O2S. The van der Waals surface area contributed by atoms with Gasteiger partial charge in [0.25, 0.3) is 0 Å². The van der Waals surface area contributed by atoms with Crippen LogP contribution >= 0.6 is 11.8 Å². The molecule has 0 aliphatic carbocycles. The Morgan fingerprint density at radius 3 is 1.58 bits per heavy atom. The first kappa shape index (κ1) is 16.2. The first-order valence-electron chi connectivity index (χ1n) is 7.62. The number of hydrogen-bond acceptors (Lipinski definition) is 3. The van der Waals surface area contributed by atoms with Gasteiger partial charge in [-0.05, 0) is 43.3 Å². The van der Waals surface area contributed by atoms with Crippen molar-refractivity contribution in [2.45, 2.75) is 16.7 Å². The molecule has 3 aromatic rings. The van der Waals surface area contributed by atoms with E-state index in [1.165, 1.54) is 0 Å². The van der Waals surface area contributed by atoms with Gasteiger partial charge in [0, 0.05) is 26.5 Å². The molecule has 0 fully saturated rings. The van der Waals surface area contributed by atoms with Crippen molar-refractivity contribution in [2.75, 3.05) is 0 Å². The maximum Gasteiger partial charge on any atom is 0.193 e. The predicted octanol–water partition coefficient (Wildman–Crippen LogP) is 5.27. The summed E-state index contributed by atoms with van der Waals surface area (Å²) in [6, 6.07) is 24.4. The Kier molecular flexibility index (Phi) is 4.92. The molecule has 0 saturated carbocycles. The monoisotopic (exact) mass is 332 g/mol. The van der Waals surface area contributed by atoms with E-state index >= 15 is 0 Å². The van der Waals surface area contributed by atoms with E-state index < -0.39 is 0 Å². The van der Waals surface area contributed by atoms with E-state index in [4.69, 9.17) is 0 Å². The first-order valence-corrected chi connectivity index (χ1v) is 8.44. The molecule has 0 spiro atoms. The molecule has 24 heavy (non-hydrogen) atoms. The van der Waals surface area contributed by atoms with E-state index in [0.717, 1.165) is 9.79 Å². The zero-order valence-corrected chi connectivity index (χ0v) is 14.0. The van der Waals surface area contributed by atoms with Crippen molar-refractivity contribution in [1.82, 2.24) is 0 Å². The molecule has 3 rings (SSSR count). The van der Waals surface area contributed by atoms with E-state index in [1.807, 2.05) is 78.9 Å². The molecule has 3 aromatic carbocycles. The van der Waals surface area contributed by atoms with Crippen molar-refractivity contribution < 1.29 is 9.59 Å². The molecule has 0 N–H and O–H groups in total. The van der Waals surface area contributed by atoms with Crippen molar-refractivity contribution >= 4 is 23.3 Å². The molecule has 0 heterocycles. The zero-order chi connectivity index (χ0) is 16.9. The molecule has 2 nitrogen and oxygen atoms in total. The Bertz CT molecular complexity index is 851. The minimum Gasteiger partial charge on any atom is -0.295 e. The molecule has 0 atom stereocenters. The zero-order valence-electron chi connectivity index (χ0n) is 13.2. The molecule has 0 aromatic heterocycles. The predicted molar refractivity (Wildman–Crippen MR) is 96.9 cm³/mol. The number of Topliss-reactive ketones (excluding diaryl/α,β-unsaturated/α-hetero) is 1. The number of rotatable bonds is 5. The summed E-state index contributed by atoms with van der Waals surface area (Å²) in [5.41, 5.74) is 2.08. The molecule has 3 heteroatoms. The number of carbonyl (C=O) groups is 2. The summed E-state index contributed by atoms with van der Waals surface area (Å²) >= 11 is 1.60. The van der Waals surface area contributed by atoms with Crippen LogP contribution < -0.4 is 0 Å². The molecule has 118 valence electrons. The lowest BCUT2D eigenvalue weighted by Crippen LogP contribution is -2.00. The summed E-state index contributed by atoms with van der Waals surface area (Å²) in [6.45, 7) is 1.56. The highest BCUT2D eigenvalue weighted by molar-refractivity contribution is 7.99. The molecular weight excluding hydrogens is 316 g/mol. The Balaban J connectivity index is 1.72. The van der Waals surface area contributed by atoms with Gasteiger partial charge < -0.3 is 0 Å². The smallest absolute Gasteiger partial charge is 0.193 e. The highest BCUT2D eigenvalue weighted by Gasteiger charge is 2.08. The summed E-state index contributed by atoms with van der Waals surface area (Å²) in [4.78, 5) is 25.8. The molecule has 0 bridgehead atoms. The number of hydrogen-bond donors (Lipinski definition) is 0. The Labute approximate surface area is 145 Å². The number of ketones is 2. The van der Waals surface area contributed by atoms with Crippen molar-refractivity contribution in [3.05, 3.63) is 95.6 Å². The molecule has 0 saturated heterocycles. The second-order valence-corrected chi connectivity index (χ2v) is 6.55. The Hall–Kier alpha value is -2.65. The molecule has 0 unspecified atom stereocenters. The van der Waals surface area contributed by atoms with Crippen molar-refractivity contribution in [3.8, 4) is 0 Å². The summed E-state index contributed by atoms with van der Waals surface area (Å²) in [6.07, 6.45) is 0. The standard InChI is InChI=1S/C21H16O2S/c1-15(22)16-7-11-19(12-8-16)24-20-13-9-18(10-14-20)21(23)17-5-3-2-4-6-17/h2-14H,1H3. The van der Waals surface area contributed by atoms with Crippen LogP contribution in [0, 0.1) is 0 Å². The summed E-state index contributed by atoms with van der Waals surface area (Å²) in [5, 5.41) is 0. The van der Waals surface area contributed by atoms with Crippen molar-refractivity contribution in [3.63, 3.8) is 0 Å². The van der Waals surface area contributed by atoms with Crippen LogP contribution in [-0.2, 0) is 0 Å². The minimum atomic E-state index is 0.0259. The van der Waals surface area contributed by atoms with Crippen LogP contribution in [0.25, 0.3) is 0 Å². The fourth-order valence-electron chi connectivity index (χ4n) is 2.32. The van der Waals surface area contributed by atoms with Crippen LogP contribution in [0.1, 0.15) is 33.2 Å². The van der Waals surface area contributed by atoms with Gasteiger partial charge in [-0.15, -0.1) is 0 Å². The topological polar surface area (TPSA) is 34.1 Å².